The topological polar surface area (TPSA) is 44.8 Å². The van der Waals surface area contributed by atoms with Crippen LogP contribution in [0.5, 0.6) is 0 Å². The fourth-order valence-corrected chi connectivity index (χ4v) is 3.72. The average molecular weight is 281 g/mol. The van der Waals surface area contributed by atoms with Gasteiger partial charge < -0.3 is 15.0 Å². The van der Waals surface area contributed by atoms with E-state index in [-0.39, 0.29) is 12.0 Å². The van der Waals surface area contributed by atoms with Gasteiger partial charge in [-0.2, -0.15) is 0 Å². The zero-order valence-corrected chi connectivity index (χ0v) is 12.4. The molecule has 0 radical (unpaired) electrons. The Morgan fingerprint density at radius 3 is 2.65 bits per heavy atom. The van der Waals surface area contributed by atoms with E-state index in [0.29, 0.717) is 13.2 Å². The van der Waals surface area contributed by atoms with Gasteiger partial charge in [-0.15, -0.1) is 0 Å². The Labute approximate surface area is 121 Å². The fraction of sp³-hybridized carbons (Fsp3) is 0.933. The van der Waals surface area contributed by atoms with Crippen LogP contribution >= 0.6 is 0 Å². The molecule has 1 N–H and O–H groups in total. The van der Waals surface area contributed by atoms with E-state index in [1.807, 2.05) is 4.90 Å². The average Bonchev–Trinajstić information content (AvgIpc) is 2.92. The molecule has 2 aliphatic heterocycles. The third-order valence-electron chi connectivity index (χ3n) is 4.89. The van der Waals surface area contributed by atoms with Crippen molar-refractivity contribution in [1.82, 2.24) is 15.1 Å². The van der Waals surface area contributed by atoms with Gasteiger partial charge in [0.1, 0.15) is 6.10 Å². The van der Waals surface area contributed by atoms with Gasteiger partial charge in [-0.1, -0.05) is 12.8 Å². The summed E-state index contributed by atoms with van der Waals surface area (Å²) in [4.78, 5) is 17.1. The largest absolute Gasteiger partial charge is 0.366 e. The van der Waals surface area contributed by atoms with E-state index in [1.54, 1.807) is 0 Å². The predicted octanol–water partition coefficient (Wildman–Crippen LogP) is 0.452. The molecule has 1 unspecified atom stereocenters. The van der Waals surface area contributed by atoms with Crippen LogP contribution in [0.2, 0.25) is 0 Å². The highest BCUT2D eigenvalue weighted by Crippen LogP contribution is 2.24. The van der Waals surface area contributed by atoms with Gasteiger partial charge in [0.25, 0.3) is 5.91 Å². The summed E-state index contributed by atoms with van der Waals surface area (Å²) in [5.41, 5.74) is 0. The predicted molar refractivity (Wildman–Crippen MR) is 77.6 cm³/mol. The molecule has 0 aromatic heterocycles. The fourth-order valence-electron chi connectivity index (χ4n) is 3.72. The second-order valence-corrected chi connectivity index (χ2v) is 6.22. The van der Waals surface area contributed by atoms with Crippen molar-refractivity contribution in [2.75, 3.05) is 45.9 Å². The lowest BCUT2D eigenvalue weighted by Crippen LogP contribution is -2.50. The molecule has 2 heterocycles. The molecule has 5 nitrogen and oxygen atoms in total. The number of ether oxygens (including phenoxy) is 1. The summed E-state index contributed by atoms with van der Waals surface area (Å²) in [6, 6.07) is 0.776. The van der Waals surface area contributed by atoms with Crippen molar-refractivity contribution in [3.8, 4) is 0 Å². The first-order chi connectivity index (χ1) is 9.84. The van der Waals surface area contributed by atoms with Crippen LogP contribution in [-0.2, 0) is 9.53 Å². The van der Waals surface area contributed by atoms with Crippen molar-refractivity contribution in [2.45, 2.75) is 44.2 Å². The highest BCUT2D eigenvalue weighted by molar-refractivity contribution is 5.81. The van der Waals surface area contributed by atoms with Crippen molar-refractivity contribution < 1.29 is 9.53 Å². The van der Waals surface area contributed by atoms with Crippen LogP contribution in [0.25, 0.3) is 0 Å². The summed E-state index contributed by atoms with van der Waals surface area (Å²) < 4.78 is 5.59. The molecule has 0 aromatic rings. The Bertz CT molecular complexity index is 325. The van der Waals surface area contributed by atoms with Crippen molar-refractivity contribution >= 4 is 5.91 Å². The van der Waals surface area contributed by atoms with Crippen LogP contribution in [0.4, 0.5) is 0 Å². The van der Waals surface area contributed by atoms with Crippen LogP contribution in [0.15, 0.2) is 0 Å². The number of amides is 1. The van der Waals surface area contributed by atoms with Crippen LogP contribution in [-0.4, -0.2) is 73.7 Å². The summed E-state index contributed by atoms with van der Waals surface area (Å²) in [5.74, 6) is 0.186. The highest BCUT2D eigenvalue weighted by Gasteiger charge is 2.30. The molecule has 3 rings (SSSR count). The Hall–Kier alpha value is -0.650. The molecular weight excluding hydrogens is 254 g/mol. The van der Waals surface area contributed by atoms with E-state index in [4.69, 9.17) is 4.74 Å². The molecule has 1 saturated carbocycles. The van der Waals surface area contributed by atoms with Crippen LogP contribution < -0.4 is 5.32 Å². The lowest BCUT2D eigenvalue weighted by atomic mass is 10.2. The molecule has 3 aliphatic rings. The van der Waals surface area contributed by atoms with E-state index in [0.717, 1.165) is 45.2 Å². The maximum absolute atomic E-state index is 12.5. The molecular formula is C15H27N3O2. The van der Waals surface area contributed by atoms with Gasteiger partial charge in [0.2, 0.25) is 0 Å². The zero-order valence-electron chi connectivity index (χ0n) is 12.4. The van der Waals surface area contributed by atoms with Gasteiger partial charge in [0.15, 0.2) is 0 Å². The third-order valence-corrected chi connectivity index (χ3v) is 4.89. The van der Waals surface area contributed by atoms with Crippen LogP contribution in [0.1, 0.15) is 32.1 Å². The lowest BCUT2D eigenvalue weighted by Gasteiger charge is -2.30. The number of morpholine rings is 1. The normalized spacial score (nSPS) is 30.4. The first-order valence-electron chi connectivity index (χ1n) is 8.20. The van der Waals surface area contributed by atoms with E-state index in [1.165, 1.54) is 25.7 Å². The number of hydrogen-bond acceptors (Lipinski definition) is 4. The maximum atomic E-state index is 12.5. The number of hydrogen-bond donors (Lipinski definition) is 1. The molecule has 1 aliphatic carbocycles. The molecule has 0 bridgehead atoms. The molecule has 114 valence electrons. The van der Waals surface area contributed by atoms with E-state index >= 15 is 0 Å². The molecule has 5 heteroatoms. The van der Waals surface area contributed by atoms with Crippen molar-refractivity contribution in [2.24, 2.45) is 0 Å². The quantitative estimate of drug-likeness (QED) is 0.798. The molecule has 3 fully saturated rings. The summed E-state index contributed by atoms with van der Waals surface area (Å²) in [5, 5.41) is 3.24. The standard InChI is InChI=1S/C15H27N3O2/c19-15(14-12-16-6-11-20-14)18-8-3-7-17(9-10-18)13-4-1-2-5-13/h13-14,16H,1-12H2. The van der Waals surface area contributed by atoms with Crippen molar-refractivity contribution in [1.29, 1.82) is 0 Å². The van der Waals surface area contributed by atoms with Crippen molar-refractivity contribution in [3.05, 3.63) is 0 Å². The SMILES string of the molecule is O=C(C1CNCCO1)N1CCCN(C2CCCC2)CC1. The number of nitrogens with zero attached hydrogens (tertiary/aromatic N) is 2. The van der Waals surface area contributed by atoms with E-state index in [9.17, 15) is 4.79 Å². The van der Waals surface area contributed by atoms with E-state index < -0.39 is 0 Å². The minimum absolute atomic E-state index is 0.186. The summed E-state index contributed by atoms with van der Waals surface area (Å²) in [7, 11) is 0. The summed E-state index contributed by atoms with van der Waals surface area (Å²) in [6.45, 7) is 6.13. The van der Waals surface area contributed by atoms with Gasteiger partial charge in [0, 0.05) is 45.3 Å². The number of rotatable bonds is 2. The summed E-state index contributed by atoms with van der Waals surface area (Å²) >= 11 is 0. The Kier molecular flexibility index (Phi) is 4.91. The second-order valence-electron chi connectivity index (χ2n) is 6.22. The second kappa shape index (κ2) is 6.87. The first-order valence-corrected chi connectivity index (χ1v) is 8.20. The van der Waals surface area contributed by atoms with Gasteiger partial charge >= 0.3 is 0 Å². The van der Waals surface area contributed by atoms with Gasteiger partial charge in [-0.3, -0.25) is 9.69 Å². The van der Waals surface area contributed by atoms with Gasteiger partial charge in [0.05, 0.1) is 6.61 Å². The monoisotopic (exact) mass is 281 g/mol. The molecule has 20 heavy (non-hydrogen) atoms. The maximum Gasteiger partial charge on any atom is 0.253 e. The number of carbonyl (C=O) groups is 1. The lowest BCUT2D eigenvalue weighted by molar-refractivity contribution is -0.145. The molecule has 2 saturated heterocycles. The number of carbonyl (C=O) groups excluding carboxylic acids is 1. The zero-order chi connectivity index (χ0) is 13.8. The van der Waals surface area contributed by atoms with E-state index in [2.05, 4.69) is 10.2 Å². The minimum Gasteiger partial charge on any atom is -0.366 e. The number of nitrogens with one attached hydrogen (secondary N) is 1. The molecule has 0 aromatic carbocycles. The van der Waals surface area contributed by atoms with Crippen molar-refractivity contribution in [3.63, 3.8) is 0 Å². The molecule has 1 amide bonds. The molecule has 0 spiro atoms. The minimum atomic E-state index is -0.262. The van der Waals surface area contributed by atoms with Crippen LogP contribution in [0, 0.1) is 0 Å². The Balaban J connectivity index is 1.52. The van der Waals surface area contributed by atoms with Gasteiger partial charge in [-0.25, -0.2) is 0 Å². The third kappa shape index (κ3) is 3.32. The first kappa shape index (κ1) is 14.3. The Morgan fingerprint density at radius 1 is 1.05 bits per heavy atom. The summed E-state index contributed by atoms with van der Waals surface area (Å²) in [6.07, 6.45) is 6.30. The highest BCUT2D eigenvalue weighted by atomic mass is 16.5. The smallest absolute Gasteiger partial charge is 0.253 e. The Morgan fingerprint density at radius 2 is 1.90 bits per heavy atom. The van der Waals surface area contributed by atoms with Gasteiger partial charge in [-0.05, 0) is 19.3 Å². The van der Waals surface area contributed by atoms with Crippen LogP contribution in [0.3, 0.4) is 0 Å². The molecule has 1 atom stereocenters.